The van der Waals surface area contributed by atoms with Crippen LogP contribution < -0.4 is 10.6 Å². The molecule has 1 aromatic rings. The molecule has 0 saturated carbocycles. The second-order valence-electron chi connectivity index (χ2n) is 15.9. The van der Waals surface area contributed by atoms with E-state index in [1.165, 1.54) is 33.3 Å². The highest BCUT2D eigenvalue weighted by molar-refractivity contribution is 5.91. The van der Waals surface area contributed by atoms with Crippen molar-refractivity contribution in [1.29, 1.82) is 0 Å². The Kier molecular flexibility index (Phi) is 20.3. The van der Waals surface area contributed by atoms with E-state index in [1.807, 2.05) is 71.9 Å². The lowest BCUT2D eigenvalue weighted by Crippen LogP contribution is -2.60. The number of nitrogens with one attached hydrogen (secondary N) is 2. The van der Waals surface area contributed by atoms with Gasteiger partial charge in [0.25, 0.3) is 0 Å². The Balaban J connectivity index is 2.30. The molecular weight excluding hydrogens is 732 g/mol. The van der Waals surface area contributed by atoms with Gasteiger partial charge in [-0.15, -0.1) is 0 Å². The van der Waals surface area contributed by atoms with Gasteiger partial charge in [0.15, 0.2) is 0 Å². The molecular formula is C41H68N8O8. The molecule has 0 radical (unpaired) electrons. The predicted molar refractivity (Wildman–Crippen MR) is 218 cm³/mol. The molecule has 2 rings (SSSR count). The number of azide groups is 1. The van der Waals surface area contributed by atoms with E-state index in [2.05, 4.69) is 20.7 Å². The van der Waals surface area contributed by atoms with Crippen molar-refractivity contribution >= 4 is 29.7 Å². The lowest BCUT2D eigenvalue weighted by Gasteiger charge is -2.41. The summed E-state index contributed by atoms with van der Waals surface area (Å²) in [4.78, 5) is 75.7. The maximum atomic E-state index is 14.3. The minimum atomic E-state index is -0.924. The zero-order valence-electron chi connectivity index (χ0n) is 36.1. The lowest BCUT2D eigenvalue weighted by molar-refractivity contribution is -0.148. The lowest BCUT2D eigenvalue weighted by atomic mass is 9.89. The minimum Gasteiger partial charge on any atom is -0.453 e. The smallest absolute Gasteiger partial charge is 0.409 e. The summed E-state index contributed by atoms with van der Waals surface area (Å²) in [5.41, 5.74) is 9.96. The molecule has 0 spiro atoms. The van der Waals surface area contributed by atoms with Crippen LogP contribution in [0.4, 0.5) is 4.79 Å². The number of carbonyl (C=O) groups is 5. The maximum absolute atomic E-state index is 14.3. The first-order valence-electron chi connectivity index (χ1n) is 20.1. The number of carbonyl (C=O) groups excluding carboxylic acids is 5. The van der Waals surface area contributed by atoms with Gasteiger partial charge in [-0.25, -0.2) is 4.79 Å². The Morgan fingerprint density at radius 3 is 2.11 bits per heavy atom. The Labute approximate surface area is 339 Å². The van der Waals surface area contributed by atoms with Crippen LogP contribution in [-0.2, 0) is 39.8 Å². The number of methoxy groups -OCH3 is 3. The molecule has 1 aliphatic rings. The molecule has 1 saturated heterocycles. The number of benzene rings is 1. The molecule has 16 nitrogen and oxygen atoms in total. The number of ether oxygens (including phenoxy) is 3. The van der Waals surface area contributed by atoms with Crippen LogP contribution in [0.2, 0.25) is 0 Å². The van der Waals surface area contributed by atoms with E-state index < -0.39 is 54.3 Å². The van der Waals surface area contributed by atoms with Gasteiger partial charge in [-0.3, -0.25) is 24.1 Å². The third kappa shape index (κ3) is 13.3. The molecule has 1 aliphatic heterocycles. The quantitative estimate of drug-likeness (QED) is 0.0947. The Hall–Kier alpha value is -4.40. The van der Waals surface area contributed by atoms with Gasteiger partial charge < -0.3 is 34.6 Å². The van der Waals surface area contributed by atoms with Crippen molar-refractivity contribution in [2.45, 2.75) is 123 Å². The highest BCUT2D eigenvalue weighted by Crippen LogP contribution is 2.30. The molecule has 0 aromatic heterocycles. The van der Waals surface area contributed by atoms with E-state index in [4.69, 9.17) is 19.7 Å². The molecule has 5 amide bonds. The molecule has 1 heterocycles. The Bertz CT molecular complexity index is 1510. The van der Waals surface area contributed by atoms with Crippen LogP contribution in [0, 0.1) is 23.7 Å². The van der Waals surface area contributed by atoms with E-state index in [0.717, 1.165) is 12.0 Å². The number of hydrogen-bond acceptors (Lipinski definition) is 9. The summed E-state index contributed by atoms with van der Waals surface area (Å²) in [7, 11) is 7.46. The van der Waals surface area contributed by atoms with Gasteiger partial charge in [0, 0.05) is 52.4 Å². The molecule has 0 aliphatic carbocycles. The number of likely N-dealkylation sites (N-methyl/N-ethyl adjacent to an activating group) is 2. The molecule has 320 valence electrons. The van der Waals surface area contributed by atoms with E-state index in [1.54, 1.807) is 23.8 Å². The van der Waals surface area contributed by atoms with Crippen molar-refractivity contribution in [3.63, 3.8) is 0 Å². The van der Waals surface area contributed by atoms with Crippen molar-refractivity contribution in [3.8, 4) is 0 Å². The predicted octanol–water partition coefficient (Wildman–Crippen LogP) is 4.81. The number of likely N-dealkylation sites (tertiary alicyclic amines) is 1. The van der Waals surface area contributed by atoms with Crippen LogP contribution in [0.15, 0.2) is 35.4 Å². The van der Waals surface area contributed by atoms with E-state index in [0.29, 0.717) is 25.8 Å². The summed E-state index contributed by atoms with van der Waals surface area (Å²) >= 11 is 0. The molecule has 0 unspecified atom stereocenters. The zero-order valence-corrected chi connectivity index (χ0v) is 36.1. The van der Waals surface area contributed by atoms with Gasteiger partial charge in [-0.2, -0.15) is 0 Å². The largest absolute Gasteiger partial charge is 0.453 e. The first kappa shape index (κ1) is 48.7. The SMILES string of the molecule is CC[C@H](C)[C@@H]([C@@H](CC(=O)N1CCC[C@H]1[C@H](OC)[C@@H](C)C(=O)N[C@H](CN=[N+]=[N-])Cc1ccccc1)OC)N(C)C(=O)[C@@H](NC(=O)[C@H](C(C)C)N(C)C(=O)OC)C(C)C. The summed E-state index contributed by atoms with van der Waals surface area (Å²) < 4.78 is 16.8. The second-order valence-corrected chi connectivity index (χ2v) is 15.9. The fourth-order valence-corrected chi connectivity index (χ4v) is 7.99. The van der Waals surface area contributed by atoms with Crippen molar-refractivity contribution in [1.82, 2.24) is 25.3 Å². The molecule has 1 fully saturated rings. The normalized spacial score (nSPS) is 18.3. The third-order valence-electron chi connectivity index (χ3n) is 11.3. The zero-order chi connectivity index (χ0) is 43.0. The number of rotatable bonds is 22. The van der Waals surface area contributed by atoms with Gasteiger partial charge in [0.05, 0.1) is 43.7 Å². The number of hydrogen-bond donors (Lipinski definition) is 2. The molecule has 0 bridgehead atoms. The van der Waals surface area contributed by atoms with Crippen molar-refractivity contribution < 1.29 is 38.2 Å². The maximum Gasteiger partial charge on any atom is 0.409 e. The average Bonchev–Trinajstić information content (AvgIpc) is 3.67. The Morgan fingerprint density at radius 1 is 0.930 bits per heavy atom. The first-order valence-corrected chi connectivity index (χ1v) is 20.1. The van der Waals surface area contributed by atoms with Crippen molar-refractivity contribution in [2.75, 3.05) is 48.5 Å². The molecule has 57 heavy (non-hydrogen) atoms. The van der Waals surface area contributed by atoms with Crippen LogP contribution in [0.1, 0.15) is 79.7 Å². The highest BCUT2D eigenvalue weighted by Gasteiger charge is 2.43. The molecule has 1 aromatic carbocycles. The molecule has 16 heteroatoms. The third-order valence-corrected chi connectivity index (χ3v) is 11.3. The van der Waals surface area contributed by atoms with Gasteiger partial charge in [-0.1, -0.05) is 90.3 Å². The summed E-state index contributed by atoms with van der Waals surface area (Å²) in [5.74, 6) is -2.57. The number of nitrogens with zero attached hydrogens (tertiary/aromatic N) is 6. The van der Waals surface area contributed by atoms with Crippen LogP contribution in [0.25, 0.3) is 10.4 Å². The molecule has 9 atom stereocenters. The monoisotopic (exact) mass is 801 g/mol. The average molecular weight is 801 g/mol. The molecule has 2 N–H and O–H groups in total. The van der Waals surface area contributed by atoms with Gasteiger partial charge in [0.2, 0.25) is 23.6 Å². The van der Waals surface area contributed by atoms with E-state index in [9.17, 15) is 24.0 Å². The van der Waals surface area contributed by atoms with Crippen molar-refractivity contribution in [3.05, 3.63) is 46.3 Å². The van der Waals surface area contributed by atoms with Gasteiger partial charge in [-0.05, 0) is 48.1 Å². The summed E-state index contributed by atoms with van der Waals surface area (Å²) in [5, 5.41) is 9.67. The van der Waals surface area contributed by atoms with Crippen molar-refractivity contribution in [2.24, 2.45) is 28.8 Å². The van der Waals surface area contributed by atoms with Crippen LogP contribution in [0.5, 0.6) is 0 Å². The van der Waals surface area contributed by atoms with E-state index >= 15 is 0 Å². The van der Waals surface area contributed by atoms with Crippen LogP contribution in [0.3, 0.4) is 0 Å². The highest BCUT2D eigenvalue weighted by atomic mass is 16.5. The minimum absolute atomic E-state index is 0.0278. The summed E-state index contributed by atoms with van der Waals surface area (Å²) in [6, 6.07) is 6.47. The summed E-state index contributed by atoms with van der Waals surface area (Å²) in [6.07, 6.45) is 0.519. The standard InChI is InChI=1S/C41H68N8O8/c1-13-27(6)36(47(8)40(53)34(25(2)3)45-39(52)35(26(4)5)48(9)41(54)57-12)32(55-10)23-33(50)49-21-17-20-31(49)37(56-11)28(7)38(51)44-30(24-43-46-42)22-29-18-15-14-16-19-29/h14-16,18-19,25-28,30-32,34-37H,13,17,20-24H2,1-12H3,(H,44,51)(H,45,52)/t27-,28+,30-,31-,32+,34-,35-,36-,37+/m0/s1. The van der Waals surface area contributed by atoms with Crippen LogP contribution >= 0.6 is 0 Å². The Morgan fingerprint density at radius 2 is 1.58 bits per heavy atom. The van der Waals surface area contributed by atoms with E-state index in [-0.39, 0.29) is 54.5 Å². The summed E-state index contributed by atoms with van der Waals surface area (Å²) in [6.45, 7) is 13.6. The fraction of sp³-hybridized carbons (Fsp3) is 0.732. The topological polar surface area (TPSA) is 196 Å². The van der Waals surface area contributed by atoms with Gasteiger partial charge in [0.1, 0.15) is 12.1 Å². The van der Waals surface area contributed by atoms with Gasteiger partial charge >= 0.3 is 6.09 Å². The fourth-order valence-electron chi connectivity index (χ4n) is 7.99. The number of amides is 5. The van der Waals surface area contributed by atoms with Crippen LogP contribution in [-0.4, -0.2) is 135 Å². The first-order chi connectivity index (χ1) is 27.0. The second kappa shape index (κ2) is 23.7.